The number of methoxy groups -OCH3 is 1. The van der Waals surface area contributed by atoms with E-state index in [4.69, 9.17) is 9.84 Å². The Bertz CT molecular complexity index is 235. The SMILES string of the molecule is COC(=O)C1CC(O)CN1CCCCCCO. The molecule has 2 N–H and O–H groups in total. The largest absolute Gasteiger partial charge is 0.468 e. The van der Waals surface area contributed by atoms with E-state index in [0.717, 1.165) is 32.2 Å². The third-order valence-corrected chi connectivity index (χ3v) is 3.21. The van der Waals surface area contributed by atoms with E-state index >= 15 is 0 Å². The second kappa shape index (κ2) is 7.63. The summed E-state index contributed by atoms with van der Waals surface area (Å²) >= 11 is 0. The second-order valence-electron chi connectivity index (χ2n) is 4.56. The maximum absolute atomic E-state index is 11.5. The monoisotopic (exact) mass is 245 g/mol. The predicted molar refractivity (Wildman–Crippen MR) is 63.6 cm³/mol. The summed E-state index contributed by atoms with van der Waals surface area (Å²) in [7, 11) is 1.38. The molecule has 17 heavy (non-hydrogen) atoms. The molecule has 1 rings (SSSR count). The van der Waals surface area contributed by atoms with E-state index in [1.54, 1.807) is 0 Å². The molecule has 1 aliphatic heterocycles. The van der Waals surface area contributed by atoms with E-state index in [0.29, 0.717) is 13.0 Å². The van der Waals surface area contributed by atoms with Crippen molar-refractivity contribution in [1.82, 2.24) is 4.90 Å². The molecule has 0 saturated carbocycles. The highest BCUT2D eigenvalue weighted by Crippen LogP contribution is 2.19. The number of unbranched alkanes of at least 4 members (excludes halogenated alkanes) is 3. The number of aliphatic hydroxyl groups is 2. The molecule has 0 bridgehead atoms. The maximum Gasteiger partial charge on any atom is 0.323 e. The molecule has 0 aromatic heterocycles. The summed E-state index contributed by atoms with van der Waals surface area (Å²) in [4.78, 5) is 13.5. The fraction of sp³-hybridized carbons (Fsp3) is 0.917. The van der Waals surface area contributed by atoms with Crippen LogP contribution in [0.3, 0.4) is 0 Å². The first-order chi connectivity index (χ1) is 8.19. The molecule has 2 unspecified atom stereocenters. The molecule has 5 nitrogen and oxygen atoms in total. The summed E-state index contributed by atoms with van der Waals surface area (Å²) in [5.74, 6) is -0.253. The third-order valence-electron chi connectivity index (χ3n) is 3.21. The van der Waals surface area contributed by atoms with Crippen molar-refractivity contribution in [3.8, 4) is 0 Å². The van der Waals surface area contributed by atoms with Gasteiger partial charge in [0.05, 0.1) is 13.2 Å². The van der Waals surface area contributed by atoms with Crippen molar-refractivity contribution in [3.63, 3.8) is 0 Å². The van der Waals surface area contributed by atoms with Gasteiger partial charge in [-0.15, -0.1) is 0 Å². The highest BCUT2D eigenvalue weighted by molar-refractivity contribution is 5.76. The van der Waals surface area contributed by atoms with E-state index in [9.17, 15) is 9.90 Å². The number of hydrogen-bond donors (Lipinski definition) is 2. The number of β-amino-alcohol motifs (C(OH)–C–C–N with tert-alkyl or cyclic N) is 1. The van der Waals surface area contributed by atoms with Crippen LogP contribution in [0.2, 0.25) is 0 Å². The Labute approximate surface area is 102 Å². The van der Waals surface area contributed by atoms with Crippen LogP contribution in [0.1, 0.15) is 32.1 Å². The van der Waals surface area contributed by atoms with E-state index in [1.807, 2.05) is 4.90 Å². The Balaban J connectivity index is 2.27. The zero-order valence-corrected chi connectivity index (χ0v) is 10.5. The molecule has 0 aliphatic carbocycles. The highest BCUT2D eigenvalue weighted by Gasteiger charge is 2.36. The van der Waals surface area contributed by atoms with E-state index in [2.05, 4.69) is 0 Å². The molecule has 1 saturated heterocycles. The van der Waals surface area contributed by atoms with Gasteiger partial charge in [-0.25, -0.2) is 0 Å². The van der Waals surface area contributed by atoms with Crippen LogP contribution in [-0.2, 0) is 9.53 Å². The first-order valence-corrected chi connectivity index (χ1v) is 6.29. The quantitative estimate of drug-likeness (QED) is 0.493. The molecule has 0 amide bonds. The number of nitrogens with zero attached hydrogens (tertiary/aromatic N) is 1. The minimum Gasteiger partial charge on any atom is -0.468 e. The van der Waals surface area contributed by atoms with Gasteiger partial charge in [0.25, 0.3) is 0 Å². The van der Waals surface area contributed by atoms with Crippen LogP contribution in [0.5, 0.6) is 0 Å². The Kier molecular flexibility index (Phi) is 6.47. The maximum atomic E-state index is 11.5. The lowest BCUT2D eigenvalue weighted by molar-refractivity contribution is -0.145. The topological polar surface area (TPSA) is 70.0 Å². The summed E-state index contributed by atoms with van der Waals surface area (Å²) in [6.45, 7) is 1.61. The van der Waals surface area contributed by atoms with E-state index in [-0.39, 0.29) is 18.6 Å². The highest BCUT2D eigenvalue weighted by atomic mass is 16.5. The number of esters is 1. The van der Waals surface area contributed by atoms with Gasteiger partial charge in [0.2, 0.25) is 0 Å². The van der Waals surface area contributed by atoms with Crippen molar-refractivity contribution in [3.05, 3.63) is 0 Å². The fourth-order valence-electron chi connectivity index (χ4n) is 2.29. The molecule has 1 heterocycles. The number of carbonyl (C=O) groups excluding carboxylic acids is 1. The first-order valence-electron chi connectivity index (χ1n) is 6.29. The zero-order valence-electron chi connectivity index (χ0n) is 10.5. The van der Waals surface area contributed by atoms with Crippen molar-refractivity contribution < 1.29 is 19.7 Å². The minimum absolute atomic E-state index is 0.243. The molecule has 0 aromatic rings. The average molecular weight is 245 g/mol. The Morgan fingerprint density at radius 3 is 2.71 bits per heavy atom. The van der Waals surface area contributed by atoms with Gasteiger partial charge in [-0.1, -0.05) is 12.8 Å². The van der Waals surface area contributed by atoms with Gasteiger partial charge < -0.3 is 14.9 Å². The van der Waals surface area contributed by atoms with Crippen molar-refractivity contribution in [2.75, 3.05) is 26.8 Å². The van der Waals surface area contributed by atoms with Gasteiger partial charge in [0, 0.05) is 19.6 Å². The van der Waals surface area contributed by atoms with Crippen molar-refractivity contribution in [1.29, 1.82) is 0 Å². The molecular weight excluding hydrogens is 222 g/mol. The molecule has 0 aromatic carbocycles. The normalized spacial score (nSPS) is 25.1. The lowest BCUT2D eigenvalue weighted by Crippen LogP contribution is -2.37. The van der Waals surface area contributed by atoms with Gasteiger partial charge in [-0.2, -0.15) is 0 Å². The number of hydrogen-bond acceptors (Lipinski definition) is 5. The number of ether oxygens (including phenoxy) is 1. The van der Waals surface area contributed by atoms with Crippen LogP contribution in [-0.4, -0.2) is 60.0 Å². The Morgan fingerprint density at radius 2 is 2.06 bits per heavy atom. The van der Waals surface area contributed by atoms with Crippen LogP contribution in [0, 0.1) is 0 Å². The molecular formula is C12H23NO4. The number of carbonyl (C=O) groups is 1. The van der Waals surface area contributed by atoms with Gasteiger partial charge in [-0.05, 0) is 19.4 Å². The summed E-state index contributed by atoms with van der Waals surface area (Å²) in [6.07, 6.45) is 3.93. The lowest BCUT2D eigenvalue weighted by Gasteiger charge is -2.21. The van der Waals surface area contributed by atoms with Crippen LogP contribution in [0.4, 0.5) is 0 Å². The molecule has 0 radical (unpaired) electrons. The van der Waals surface area contributed by atoms with E-state index in [1.165, 1.54) is 7.11 Å². The van der Waals surface area contributed by atoms with Crippen LogP contribution >= 0.6 is 0 Å². The zero-order chi connectivity index (χ0) is 12.7. The molecule has 1 aliphatic rings. The molecule has 1 fully saturated rings. The predicted octanol–water partition coefficient (Wildman–Crippen LogP) is 0.147. The van der Waals surface area contributed by atoms with Gasteiger partial charge in [0.1, 0.15) is 6.04 Å². The summed E-state index contributed by atoms with van der Waals surface area (Å²) in [6, 6.07) is -0.284. The first kappa shape index (κ1) is 14.4. The van der Waals surface area contributed by atoms with E-state index < -0.39 is 6.10 Å². The van der Waals surface area contributed by atoms with Gasteiger partial charge in [0.15, 0.2) is 0 Å². The van der Waals surface area contributed by atoms with Crippen molar-refractivity contribution >= 4 is 5.97 Å². The average Bonchev–Trinajstić information content (AvgIpc) is 2.69. The summed E-state index contributed by atoms with van der Waals surface area (Å²) in [5, 5.41) is 18.2. The standard InChI is InChI=1S/C12H23NO4/c1-17-12(16)11-8-10(15)9-13(11)6-4-2-3-5-7-14/h10-11,14-15H,2-9H2,1H3. The van der Waals surface area contributed by atoms with Gasteiger partial charge >= 0.3 is 5.97 Å². The Hall–Kier alpha value is -0.650. The van der Waals surface area contributed by atoms with Crippen molar-refractivity contribution in [2.24, 2.45) is 0 Å². The fourth-order valence-corrected chi connectivity index (χ4v) is 2.29. The Morgan fingerprint density at radius 1 is 1.35 bits per heavy atom. The third kappa shape index (κ3) is 4.61. The van der Waals surface area contributed by atoms with Crippen LogP contribution < -0.4 is 0 Å². The van der Waals surface area contributed by atoms with Crippen molar-refractivity contribution in [2.45, 2.75) is 44.2 Å². The number of likely N-dealkylation sites (tertiary alicyclic amines) is 1. The number of aliphatic hydroxyl groups excluding tert-OH is 2. The molecule has 2 atom stereocenters. The smallest absolute Gasteiger partial charge is 0.323 e. The summed E-state index contributed by atoms with van der Waals surface area (Å²) < 4.78 is 4.73. The van der Waals surface area contributed by atoms with Gasteiger partial charge in [-0.3, -0.25) is 9.69 Å². The number of rotatable bonds is 7. The van der Waals surface area contributed by atoms with Crippen LogP contribution in [0.25, 0.3) is 0 Å². The second-order valence-corrected chi connectivity index (χ2v) is 4.56. The molecule has 0 spiro atoms. The lowest BCUT2D eigenvalue weighted by atomic mass is 10.1. The molecule has 100 valence electrons. The minimum atomic E-state index is -0.420. The van der Waals surface area contributed by atoms with Crippen LogP contribution in [0.15, 0.2) is 0 Å². The summed E-state index contributed by atoms with van der Waals surface area (Å²) in [5.41, 5.74) is 0. The molecule has 5 heteroatoms.